The normalized spacial score (nSPS) is 33.2. The number of aliphatic hydroxyl groups is 1. The highest BCUT2D eigenvalue weighted by Gasteiger charge is 2.39. The van der Waals surface area contributed by atoms with Crippen LogP contribution in [0, 0.1) is 11.8 Å². The van der Waals surface area contributed by atoms with E-state index in [2.05, 4.69) is 11.9 Å². The van der Waals surface area contributed by atoms with Crippen molar-refractivity contribution in [3.63, 3.8) is 0 Å². The van der Waals surface area contributed by atoms with Crippen molar-refractivity contribution >= 4 is 0 Å². The van der Waals surface area contributed by atoms with E-state index in [1.165, 1.54) is 38.6 Å². The van der Waals surface area contributed by atoms with Crippen molar-refractivity contribution < 1.29 is 5.11 Å². The van der Waals surface area contributed by atoms with E-state index in [0.29, 0.717) is 12.5 Å². The van der Waals surface area contributed by atoms with Gasteiger partial charge in [0.1, 0.15) is 0 Å². The molecule has 0 aliphatic heterocycles. The molecular formula is C16H32N2O. The molecule has 2 unspecified atom stereocenters. The Morgan fingerprint density at radius 3 is 2.58 bits per heavy atom. The summed E-state index contributed by atoms with van der Waals surface area (Å²) in [6, 6.07) is 0. The molecule has 3 N–H and O–H groups in total. The highest BCUT2D eigenvalue weighted by Crippen LogP contribution is 2.37. The number of nitrogens with zero attached hydrogens (tertiary/aromatic N) is 1. The fourth-order valence-corrected chi connectivity index (χ4v) is 4.09. The summed E-state index contributed by atoms with van der Waals surface area (Å²) in [7, 11) is 2.24. The fraction of sp³-hybridized carbons (Fsp3) is 1.00. The zero-order chi connectivity index (χ0) is 13.7. The SMILES string of the molecule is CN(CCC1CCCC1(O)CN)CC1CCCCC1. The summed E-state index contributed by atoms with van der Waals surface area (Å²) < 4.78 is 0. The minimum Gasteiger partial charge on any atom is -0.388 e. The predicted molar refractivity (Wildman–Crippen MR) is 80.0 cm³/mol. The van der Waals surface area contributed by atoms with E-state index < -0.39 is 5.60 Å². The lowest BCUT2D eigenvalue weighted by atomic mass is 9.87. The van der Waals surface area contributed by atoms with Gasteiger partial charge in [0.15, 0.2) is 0 Å². The maximum atomic E-state index is 10.5. The van der Waals surface area contributed by atoms with Crippen LogP contribution in [0.5, 0.6) is 0 Å². The fourth-order valence-electron chi connectivity index (χ4n) is 4.09. The van der Waals surface area contributed by atoms with E-state index in [9.17, 15) is 5.11 Å². The third kappa shape index (κ3) is 4.17. The molecule has 2 aliphatic rings. The van der Waals surface area contributed by atoms with E-state index in [-0.39, 0.29) is 0 Å². The molecule has 0 bridgehead atoms. The molecular weight excluding hydrogens is 236 g/mol. The molecule has 2 saturated carbocycles. The molecule has 0 heterocycles. The van der Waals surface area contributed by atoms with Gasteiger partial charge in [-0.05, 0) is 57.5 Å². The molecule has 2 atom stereocenters. The van der Waals surface area contributed by atoms with Gasteiger partial charge in [-0.25, -0.2) is 0 Å². The van der Waals surface area contributed by atoms with Crippen LogP contribution in [0.15, 0.2) is 0 Å². The molecule has 0 aromatic carbocycles. The molecule has 0 spiro atoms. The van der Waals surface area contributed by atoms with Crippen LogP contribution in [0.2, 0.25) is 0 Å². The van der Waals surface area contributed by atoms with Crippen LogP contribution in [-0.2, 0) is 0 Å². The first-order chi connectivity index (χ1) is 9.14. The first-order valence-corrected chi connectivity index (χ1v) is 8.25. The van der Waals surface area contributed by atoms with Crippen LogP contribution in [0.1, 0.15) is 57.8 Å². The maximum absolute atomic E-state index is 10.5. The van der Waals surface area contributed by atoms with Crippen LogP contribution in [0.4, 0.5) is 0 Å². The Labute approximate surface area is 118 Å². The van der Waals surface area contributed by atoms with Gasteiger partial charge in [-0.2, -0.15) is 0 Å². The van der Waals surface area contributed by atoms with E-state index in [0.717, 1.165) is 38.1 Å². The van der Waals surface area contributed by atoms with Crippen molar-refractivity contribution in [2.75, 3.05) is 26.7 Å². The summed E-state index contributed by atoms with van der Waals surface area (Å²) in [6.45, 7) is 2.79. The zero-order valence-electron chi connectivity index (χ0n) is 12.6. The van der Waals surface area contributed by atoms with Crippen LogP contribution >= 0.6 is 0 Å². The number of rotatable bonds is 6. The minimum absolute atomic E-state index is 0.423. The van der Waals surface area contributed by atoms with Crippen LogP contribution < -0.4 is 5.73 Å². The Kier molecular flexibility index (Phi) is 5.67. The zero-order valence-corrected chi connectivity index (χ0v) is 12.6. The Hall–Kier alpha value is -0.120. The summed E-state index contributed by atoms with van der Waals surface area (Å²) >= 11 is 0. The lowest BCUT2D eigenvalue weighted by molar-refractivity contribution is 0.00483. The van der Waals surface area contributed by atoms with Gasteiger partial charge in [-0.15, -0.1) is 0 Å². The van der Waals surface area contributed by atoms with Gasteiger partial charge in [0.25, 0.3) is 0 Å². The highest BCUT2D eigenvalue weighted by molar-refractivity contribution is 4.93. The second-order valence-electron chi connectivity index (χ2n) is 6.95. The Morgan fingerprint density at radius 2 is 1.89 bits per heavy atom. The van der Waals surface area contributed by atoms with Crippen LogP contribution in [0.3, 0.4) is 0 Å². The van der Waals surface area contributed by atoms with E-state index in [1.54, 1.807) is 0 Å². The van der Waals surface area contributed by atoms with E-state index >= 15 is 0 Å². The van der Waals surface area contributed by atoms with Crippen LogP contribution in [-0.4, -0.2) is 42.3 Å². The molecule has 0 aromatic rings. The molecule has 0 radical (unpaired) electrons. The van der Waals surface area contributed by atoms with Gasteiger partial charge < -0.3 is 15.7 Å². The molecule has 3 nitrogen and oxygen atoms in total. The smallest absolute Gasteiger partial charge is 0.0797 e. The van der Waals surface area contributed by atoms with Crippen molar-refractivity contribution in [2.24, 2.45) is 17.6 Å². The molecule has 3 heteroatoms. The lowest BCUT2D eigenvalue weighted by Crippen LogP contribution is -2.42. The Morgan fingerprint density at radius 1 is 1.16 bits per heavy atom. The molecule has 0 amide bonds. The predicted octanol–water partition coefficient (Wildman–Crippen LogP) is 2.38. The van der Waals surface area contributed by atoms with Crippen LogP contribution in [0.25, 0.3) is 0 Å². The number of hydrogen-bond donors (Lipinski definition) is 2. The lowest BCUT2D eigenvalue weighted by Gasteiger charge is -2.31. The van der Waals surface area contributed by atoms with E-state index in [4.69, 9.17) is 5.73 Å². The standard InChI is InChI=1S/C16H32N2O/c1-18(12-14-6-3-2-4-7-14)11-9-15-8-5-10-16(15,19)13-17/h14-15,19H,2-13,17H2,1H3. The quantitative estimate of drug-likeness (QED) is 0.777. The third-order valence-corrected chi connectivity index (χ3v) is 5.43. The summed E-state index contributed by atoms with van der Waals surface area (Å²) in [6.07, 6.45) is 11.4. The van der Waals surface area contributed by atoms with Gasteiger partial charge in [0.05, 0.1) is 5.60 Å². The summed E-state index contributed by atoms with van der Waals surface area (Å²) in [4.78, 5) is 2.48. The highest BCUT2D eigenvalue weighted by atomic mass is 16.3. The minimum atomic E-state index is -0.564. The average Bonchev–Trinajstić information content (AvgIpc) is 2.80. The molecule has 2 rings (SSSR count). The number of hydrogen-bond acceptors (Lipinski definition) is 3. The number of nitrogens with two attached hydrogens (primary N) is 1. The Bertz CT molecular complexity index is 265. The molecule has 2 fully saturated rings. The molecule has 0 aromatic heterocycles. The monoisotopic (exact) mass is 268 g/mol. The molecule has 19 heavy (non-hydrogen) atoms. The van der Waals surface area contributed by atoms with Gasteiger partial charge in [-0.1, -0.05) is 25.7 Å². The van der Waals surface area contributed by atoms with E-state index in [1.807, 2.05) is 0 Å². The largest absolute Gasteiger partial charge is 0.388 e. The van der Waals surface area contributed by atoms with Gasteiger partial charge in [0.2, 0.25) is 0 Å². The Balaban J connectivity index is 1.69. The first kappa shape index (κ1) is 15.3. The van der Waals surface area contributed by atoms with Gasteiger partial charge in [-0.3, -0.25) is 0 Å². The second-order valence-corrected chi connectivity index (χ2v) is 6.95. The molecule has 2 aliphatic carbocycles. The summed E-state index contributed by atoms with van der Waals surface area (Å²) in [5.41, 5.74) is 5.19. The molecule has 0 saturated heterocycles. The summed E-state index contributed by atoms with van der Waals surface area (Å²) in [5.74, 6) is 1.34. The van der Waals surface area contributed by atoms with Crippen molar-refractivity contribution in [2.45, 2.75) is 63.4 Å². The first-order valence-electron chi connectivity index (χ1n) is 8.25. The van der Waals surface area contributed by atoms with Crippen molar-refractivity contribution in [3.8, 4) is 0 Å². The maximum Gasteiger partial charge on any atom is 0.0797 e. The second kappa shape index (κ2) is 7.05. The third-order valence-electron chi connectivity index (χ3n) is 5.43. The molecule has 112 valence electrons. The summed E-state index contributed by atoms with van der Waals surface area (Å²) in [5, 5.41) is 10.5. The topological polar surface area (TPSA) is 49.5 Å². The van der Waals surface area contributed by atoms with Gasteiger partial charge in [0, 0.05) is 13.1 Å². The van der Waals surface area contributed by atoms with Gasteiger partial charge >= 0.3 is 0 Å². The average molecular weight is 268 g/mol. The van der Waals surface area contributed by atoms with Crippen molar-refractivity contribution in [1.29, 1.82) is 0 Å². The van der Waals surface area contributed by atoms with Crippen molar-refractivity contribution in [3.05, 3.63) is 0 Å². The van der Waals surface area contributed by atoms with Crippen molar-refractivity contribution in [1.82, 2.24) is 4.90 Å².